The van der Waals surface area contributed by atoms with Crippen LogP contribution in [0.2, 0.25) is 0 Å². The van der Waals surface area contributed by atoms with E-state index in [0.717, 1.165) is 18.3 Å². The van der Waals surface area contributed by atoms with E-state index in [0.29, 0.717) is 48.3 Å². The summed E-state index contributed by atoms with van der Waals surface area (Å²) in [7, 11) is 1.80. The van der Waals surface area contributed by atoms with Crippen LogP contribution in [0, 0.1) is 0 Å². The molecule has 0 aliphatic carbocycles. The molecule has 41 heavy (non-hydrogen) atoms. The zero-order valence-electron chi connectivity index (χ0n) is 21.9. The van der Waals surface area contributed by atoms with Gasteiger partial charge in [0.2, 0.25) is 5.91 Å². The number of hydrogen-bond donors (Lipinski definition) is 3. The Bertz CT molecular complexity index is 1620. The van der Waals surface area contributed by atoms with Crippen molar-refractivity contribution in [2.24, 2.45) is 0 Å². The van der Waals surface area contributed by atoms with Crippen molar-refractivity contribution in [1.29, 1.82) is 0 Å². The minimum atomic E-state index is -4.56. The van der Waals surface area contributed by atoms with Gasteiger partial charge < -0.3 is 21.3 Å². The quantitative estimate of drug-likeness (QED) is 0.290. The molecular formula is C27H26F3N9O2. The number of nitrogens with one attached hydrogen (secondary N) is 2. The van der Waals surface area contributed by atoms with Crippen LogP contribution in [0.25, 0.3) is 22.3 Å². The fourth-order valence-electron chi connectivity index (χ4n) is 4.62. The molecule has 1 aromatic carbocycles. The summed E-state index contributed by atoms with van der Waals surface area (Å²) < 4.78 is 40.7. The molecule has 1 aliphatic rings. The summed E-state index contributed by atoms with van der Waals surface area (Å²) in [6, 6.07) is 7.82. The van der Waals surface area contributed by atoms with Gasteiger partial charge >= 0.3 is 6.18 Å². The van der Waals surface area contributed by atoms with Gasteiger partial charge in [-0.1, -0.05) is 18.2 Å². The lowest BCUT2D eigenvalue weighted by Gasteiger charge is -2.15. The van der Waals surface area contributed by atoms with Gasteiger partial charge in [0.15, 0.2) is 5.65 Å². The van der Waals surface area contributed by atoms with Crippen molar-refractivity contribution in [2.45, 2.75) is 18.6 Å². The highest BCUT2D eigenvalue weighted by Gasteiger charge is 2.31. The van der Waals surface area contributed by atoms with Gasteiger partial charge in [0.05, 0.1) is 17.0 Å². The molecule has 4 N–H and O–H groups in total. The molecule has 3 aromatic heterocycles. The summed E-state index contributed by atoms with van der Waals surface area (Å²) in [6.45, 7) is 1.61. The molecule has 5 rings (SSSR count). The molecule has 1 aliphatic heterocycles. The second-order valence-electron chi connectivity index (χ2n) is 9.40. The van der Waals surface area contributed by atoms with Gasteiger partial charge in [0.1, 0.15) is 23.7 Å². The molecule has 1 fully saturated rings. The van der Waals surface area contributed by atoms with Crippen molar-refractivity contribution >= 4 is 34.5 Å². The first-order valence-electron chi connectivity index (χ1n) is 12.7. The molecule has 0 bridgehead atoms. The predicted octanol–water partition coefficient (Wildman–Crippen LogP) is 3.29. The van der Waals surface area contributed by atoms with E-state index < -0.39 is 17.6 Å². The van der Waals surface area contributed by atoms with Crippen molar-refractivity contribution in [3.05, 3.63) is 72.2 Å². The van der Waals surface area contributed by atoms with Crippen LogP contribution in [0.1, 0.15) is 28.4 Å². The van der Waals surface area contributed by atoms with Crippen LogP contribution >= 0.6 is 0 Å². The van der Waals surface area contributed by atoms with E-state index in [1.807, 2.05) is 0 Å². The summed E-state index contributed by atoms with van der Waals surface area (Å²) in [5.41, 5.74) is 7.17. The van der Waals surface area contributed by atoms with Crippen molar-refractivity contribution in [2.75, 3.05) is 37.7 Å². The highest BCUT2D eigenvalue weighted by Crippen LogP contribution is 2.34. The normalized spacial score (nSPS) is 15.6. The summed E-state index contributed by atoms with van der Waals surface area (Å²) >= 11 is 0. The lowest BCUT2D eigenvalue weighted by molar-refractivity contribution is -0.137. The van der Waals surface area contributed by atoms with Gasteiger partial charge in [-0.2, -0.15) is 18.3 Å². The zero-order chi connectivity index (χ0) is 29.1. The molecule has 2 amide bonds. The number of carbonyl (C=O) groups excluding carboxylic acids is 2. The molecule has 1 saturated heterocycles. The molecule has 0 saturated carbocycles. The topological polar surface area (TPSA) is 144 Å². The van der Waals surface area contributed by atoms with E-state index in [1.165, 1.54) is 18.5 Å². The highest BCUT2D eigenvalue weighted by atomic mass is 19.4. The highest BCUT2D eigenvalue weighted by molar-refractivity contribution is 6.04. The second kappa shape index (κ2) is 11.3. The van der Waals surface area contributed by atoms with Crippen molar-refractivity contribution in [3.8, 4) is 11.3 Å². The van der Waals surface area contributed by atoms with Crippen LogP contribution < -0.4 is 16.4 Å². The van der Waals surface area contributed by atoms with Crippen LogP contribution in [0.3, 0.4) is 0 Å². The molecule has 11 nitrogen and oxygen atoms in total. The number of nitrogen functional groups attached to an aromatic ring is 1. The number of hydrogen-bond acceptors (Lipinski definition) is 8. The van der Waals surface area contributed by atoms with E-state index in [1.54, 1.807) is 40.9 Å². The minimum absolute atomic E-state index is 0.0808. The third-order valence-corrected chi connectivity index (χ3v) is 6.67. The van der Waals surface area contributed by atoms with Crippen molar-refractivity contribution in [3.63, 3.8) is 0 Å². The van der Waals surface area contributed by atoms with Gasteiger partial charge in [-0.3, -0.25) is 9.59 Å². The van der Waals surface area contributed by atoms with Gasteiger partial charge in [-0.05, 0) is 37.7 Å². The number of amides is 2. The fraction of sp³-hybridized carbons (Fsp3) is 0.259. The van der Waals surface area contributed by atoms with Crippen LogP contribution in [0.15, 0.2) is 61.1 Å². The largest absolute Gasteiger partial charge is 0.416 e. The average Bonchev–Trinajstić information content (AvgIpc) is 3.59. The first kappa shape index (κ1) is 27.7. The molecule has 1 unspecified atom stereocenters. The average molecular weight is 566 g/mol. The number of aromatic nitrogens is 5. The maximum atomic E-state index is 13.0. The van der Waals surface area contributed by atoms with Crippen LogP contribution in [-0.4, -0.2) is 68.1 Å². The van der Waals surface area contributed by atoms with Crippen LogP contribution in [0.4, 0.5) is 24.8 Å². The summed E-state index contributed by atoms with van der Waals surface area (Å²) in [4.78, 5) is 39.3. The molecule has 0 spiro atoms. The fourth-order valence-corrected chi connectivity index (χ4v) is 4.62. The second-order valence-corrected chi connectivity index (χ2v) is 9.40. The Kier molecular flexibility index (Phi) is 7.66. The van der Waals surface area contributed by atoms with E-state index in [2.05, 4.69) is 25.6 Å². The number of likely N-dealkylation sites (tertiary alicyclic amines) is 1. The number of alkyl halides is 3. The number of nitrogens with zero attached hydrogens (tertiary/aromatic N) is 6. The van der Waals surface area contributed by atoms with Gasteiger partial charge in [-0.25, -0.2) is 19.6 Å². The van der Waals surface area contributed by atoms with Crippen LogP contribution in [0.5, 0.6) is 0 Å². The zero-order valence-corrected chi connectivity index (χ0v) is 21.9. The third kappa shape index (κ3) is 5.87. The van der Waals surface area contributed by atoms with E-state index >= 15 is 0 Å². The van der Waals surface area contributed by atoms with E-state index in [9.17, 15) is 22.8 Å². The molecule has 0 radical (unpaired) electrons. The van der Waals surface area contributed by atoms with Crippen molar-refractivity contribution < 1.29 is 22.8 Å². The Morgan fingerprint density at radius 3 is 2.66 bits per heavy atom. The lowest BCUT2D eigenvalue weighted by atomic mass is 10.1. The first-order chi connectivity index (χ1) is 19.7. The summed E-state index contributed by atoms with van der Waals surface area (Å²) in [6.07, 6.45) is 1.77. The van der Waals surface area contributed by atoms with E-state index in [4.69, 9.17) is 10.8 Å². The minimum Gasteiger partial charge on any atom is -0.383 e. The van der Waals surface area contributed by atoms with Crippen LogP contribution in [-0.2, 0) is 11.0 Å². The Morgan fingerprint density at radius 1 is 1.15 bits per heavy atom. The molecule has 4 heterocycles. The number of nitrogens with two attached hydrogens (primary N) is 1. The molecule has 212 valence electrons. The standard InChI is InChI=1S/C27H26F3N9O2/c1-32-10-2-3-21(40)38-12-9-19(14-38)39-25-22(24(31)34-15-35-25)23(37-39)16-4-6-17(7-5-16)26(41)36-20-13-18(8-11-33-20)27(28,29)30/h2-8,11,13,15,19,32H,9-10,12,14H2,1H3,(H2,31,34,35)(H,33,36,41)/b3-2+. The SMILES string of the molecule is CNC/C=C/C(=O)N1CCC(n2nc(-c3ccc(C(=O)Nc4cc(C(F)(F)F)ccn4)cc3)c3c(N)ncnc32)C1. The Labute approximate surface area is 232 Å². The smallest absolute Gasteiger partial charge is 0.383 e. The number of carbonyl (C=O) groups is 2. The van der Waals surface area contributed by atoms with Crippen molar-refractivity contribution in [1.82, 2.24) is 34.9 Å². The third-order valence-electron chi connectivity index (χ3n) is 6.67. The number of anilines is 2. The maximum Gasteiger partial charge on any atom is 0.416 e. The molecular weight excluding hydrogens is 539 g/mol. The number of rotatable bonds is 7. The lowest BCUT2D eigenvalue weighted by Crippen LogP contribution is -2.27. The Hall–Kier alpha value is -4.85. The number of fused-ring (bicyclic) bond motifs is 1. The number of likely N-dealkylation sites (N-methyl/N-ethyl adjacent to an activating group) is 1. The van der Waals surface area contributed by atoms with E-state index in [-0.39, 0.29) is 29.1 Å². The maximum absolute atomic E-state index is 13.0. The molecule has 1 atom stereocenters. The monoisotopic (exact) mass is 565 g/mol. The molecule has 4 aromatic rings. The van der Waals surface area contributed by atoms with Gasteiger partial charge in [0, 0.05) is 43.0 Å². The Morgan fingerprint density at radius 2 is 1.93 bits per heavy atom. The van der Waals surface area contributed by atoms with Gasteiger partial charge in [0.25, 0.3) is 5.91 Å². The number of pyridine rings is 1. The first-order valence-corrected chi connectivity index (χ1v) is 12.7. The number of benzene rings is 1. The number of halogens is 3. The van der Waals surface area contributed by atoms with Gasteiger partial charge in [-0.15, -0.1) is 0 Å². The Balaban J connectivity index is 1.38. The summed E-state index contributed by atoms with van der Waals surface area (Å²) in [5, 5.41) is 10.7. The molecule has 14 heteroatoms. The predicted molar refractivity (Wildman–Crippen MR) is 146 cm³/mol. The summed E-state index contributed by atoms with van der Waals surface area (Å²) in [5.74, 6) is -0.691.